The molecule has 7 nitrogen and oxygen atoms in total. The van der Waals surface area contributed by atoms with Gasteiger partial charge in [-0.15, -0.1) is 0 Å². The third kappa shape index (κ3) is 4.74. The molecule has 0 bridgehead atoms. The summed E-state index contributed by atoms with van der Waals surface area (Å²) in [6.45, 7) is 5.86. The molecule has 1 N–H and O–H groups in total. The van der Waals surface area contributed by atoms with Crippen LogP contribution in [0.1, 0.15) is 42.7 Å². The molecule has 0 saturated carbocycles. The van der Waals surface area contributed by atoms with E-state index >= 15 is 0 Å². The van der Waals surface area contributed by atoms with E-state index in [1.54, 1.807) is 36.4 Å². The number of ether oxygens (including phenoxy) is 1. The van der Waals surface area contributed by atoms with Gasteiger partial charge in [0.05, 0.1) is 5.39 Å². The van der Waals surface area contributed by atoms with Crippen LogP contribution in [0.25, 0.3) is 10.8 Å². The summed E-state index contributed by atoms with van der Waals surface area (Å²) in [5.41, 5.74) is 1.46. The maximum absolute atomic E-state index is 12.8. The van der Waals surface area contributed by atoms with E-state index in [0.29, 0.717) is 23.0 Å². The van der Waals surface area contributed by atoms with Crippen LogP contribution in [0.3, 0.4) is 0 Å². The van der Waals surface area contributed by atoms with E-state index < -0.39 is 18.0 Å². The number of hydrogen-bond donors (Lipinski definition) is 1. The first-order valence-electron chi connectivity index (χ1n) is 9.99. The Balaban J connectivity index is 1.83. The number of esters is 1. The summed E-state index contributed by atoms with van der Waals surface area (Å²) >= 11 is 0. The third-order valence-corrected chi connectivity index (χ3v) is 4.76. The molecular weight excluding hydrogens is 382 g/mol. The van der Waals surface area contributed by atoms with Gasteiger partial charge in [-0.1, -0.05) is 49.2 Å². The molecule has 3 rings (SSSR count). The number of aromatic nitrogens is 2. The van der Waals surface area contributed by atoms with Crippen LogP contribution in [0.4, 0.5) is 5.69 Å². The average molecular weight is 407 g/mol. The van der Waals surface area contributed by atoms with Gasteiger partial charge >= 0.3 is 5.97 Å². The molecule has 0 unspecified atom stereocenters. The van der Waals surface area contributed by atoms with E-state index in [1.807, 2.05) is 26.0 Å². The van der Waals surface area contributed by atoms with Crippen LogP contribution in [-0.4, -0.2) is 27.8 Å². The van der Waals surface area contributed by atoms with E-state index in [2.05, 4.69) is 10.4 Å². The van der Waals surface area contributed by atoms with E-state index in [9.17, 15) is 14.4 Å². The van der Waals surface area contributed by atoms with Gasteiger partial charge in [-0.2, -0.15) is 5.10 Å². The Morgan fingerprint density at radius 3 is 2.43 bits per heavy atom. The Labute approximate surface area is 174 Å². The zero-order valence-electron chi connectivity index (χ0n) is 17.3. The monoisotopic (exact) mass is 407 g/mol. The van der Waals surface area contributed by atoms with Crippen molar-refractivity contribution in [1.82, 2.24) is 9.78 Å². The van der Waals surface area contributed by atoms with Gasteiger partial charge in [0.1, 0.15) is 0 Å². The normalized spacial score (nSPS) is 11.8. The quantitative estimate of drug-likeness (QED) is 0.603. The topological polar surface area (TPSA) is 90.3 Å². The van der Waals surface area contributed by atoms with Crippen molar-refractivity contribution in [3.8, 4) is 0 Å². The van der Waals surface area contributed by atoms with E-state index in [4.69, 9.17) is 4.74 Å². The fourth-order valence-electron chi connectivity index (χ4n) is 3.00. The van der Waals surface area contributed by atoms with Gasteiger partial charge in [0.15, 0.2) is 11.8 Å². The van der Waals surface area contributed by atoms with Crippen LogP contribution in [0.2, 0.25) is 0 Å². The smallest absolute Gasteiger partial charge is 0.360 e. The zero-order valence-corrected chi connectivity index (χ0v) is 17.3. The van der Waals surface area contributed by atoms with Gasteiger partial charge in [0.25, 0.3) is 11.5 Å². The molecule has 0 aliphatic carbocycles. The van der Waals surface area contributed by atoms with Crippen LogP contribution in [0, 0.1) is 6.92 Å². The Bertz CT molecular complexity index is 1120. The number of nitrogens with zero attached hydrogens (tertiary/aromatic N) is 2. The molecule has 0 saturated heterocycles. The molecule has 7 heteroatoms. The predicted octanol–water partition coefficient (Wildman–Crippen LogP) is 3.69. The second-order valence-electron chi connectivity index (χ2n) is 7.18. The third-order valence-electron chi connectivity index (χ3n) is 4.76. The molecule has 1 atom stereocenters. The molecule has 156 valence electrons. The predicted molar refractivity (Wildman–Crippen MR) is 116 cm³/mol. The first-order chi connectivity index (χ1) is 14.4. The number of nitrogens with one attached hydrogen (secondary N) is 1. The van der Waals surface area contributed by atoms with Crippen molar-refractivity contribution in [2.24, 2.45) is 0 Å². The summed E-state index contributed by atoms with van der Waals surface area (Å²) in [5.74, 6) is -1.20. The van der Waals surface area contributed by atoms with Crippen LogP contribution < -0.4 is 10.9 Å². The number of rotatable bonds is 7. The van der Waals surface area contributed by atoms with Crippen molar-refractivity contribution in [3.63, 3.8) is 0 Å². The summed E-state index contributed by atoms with van der Waals surface area (Å²) in [6.07, 6.45) is 0.613. The number of aryl methyl sites for hydroxylation is 2. The number of fused-ring (bicyclic) bond motifs is 1. The summed E-state index contributed by atoms with van der Waals surface area (Å²) in [7, 11) is 0. The molecule has 2 aromatic carbocycles. The highest BCUT2D eigenvalue weighted by molar-refractivity contribution is 6.03. The Kier molecular flexibility index (Phi) is 6.61. The first kappa shape index (κ1) is 21.2. The Hall–Kier alpha value is -3.48. The highest BCUT2D eigenvalue weighted by Gasteiger charge is 2.23. The lowest BCUT2D eigenvalue weighted by Crippen LogP contribution is -2.32. The van der Waals surface area contributed by atoms with Crippen molar-refractivity contribution < 1.29 is 14.3 Å². The van der Waals surface area contributed by atoms with Crippen molar-refractivity contribution in [2.75, 3.05) is 5.32 Å². The van der Waals surface area contributed by atoms with Gasteiger partial charge in [-0.3, -0.25) is 9.59 Å². The van der Waals surface area contributed by atoms with Gasteiger partial charge in [0, 0.05) is 17.6 Å². The van der Waals surface area contributed by atoms with E-state index in [1.165, 1.54) is 11.6 Å². The number of amides is 1. The SMILES string of the molecule is CCCCn1nc(C(=O)O[C@@H](C)C(=O)Nc2ccc(C)cc2)c2ccccc2c1=O. The molecule has 0 fully saturated rings. The Morgan fingerprint density at radius 1 is 1.10 bits per heavy atom. The minimum atomic E-state index is -1.03. The van der Waals surface area contributed by atoms with Gasteiger partial charge < -0.3 is 10.1 Å². The number of carbonyl (C=O) groups is 2. The maximum Gasteiger partial charge on any atom is 0.360 e. The average Bonchev–Trinajstić information content (AvgIpc) is 2.75. The summed E-state index contributed by atoms with van der Waals surface area (Å²) in [6, 6.07) is 14.1. The second kappa shape index (κ2) is 9.35. The lowest BCUT2D eigenvalue weighted by molar-refractivity contribution is -0.123. The number of carbonyl (C=O) groups excluding carboxylic acids is 2. The molecule has 3 aromatic rings. The van der Waals surface area contributed by atoms with Crippen molar-refractivity contribution in [1.29, 1.82) is 0 Å². The fourth-order valence-corrected chi connectivity index (χ4v) is 3.00. The molecule has 0 aliphatic heterocycles. The minimum absolute atomic E-state index is 0.0243. The molecular formula is C23H25N3O4. The molecule has 0 radical (unpaired) electrons. The van der Waals surface area contributed by atoms with Crippen LogP contribution in [0.5, 0.6) is 0 Å². The maximum atomic E-state index is 12.8. The van der Waals surface area contributed by atoms with Gasteiger partial charge in [-0.05, 0) is 38.5 Å². The van der Waals surface area contributed by atoms with E-state index in [-0.39, 0.29) is 11.3 Å². The first-order valence-corrected chi connectivity index (χ1v) is 9.99. The summed E-state index contributed by atoms with van der Waals surface area (Å²) < 4.78 is 6.66. The van der Waals surface area contributed by atoms with Crippen molar-refractivity contribution in [2.45, 2.75) is 46.3 Å². The molecule has 1 heterocycles. The van der Waals surface area contributed by atoms with Crippen LogP contribution in [0.15, 0.2) is 53.3 Å². The summed E-state index contributed by atoms with van der Waals surface area (Å²) in [4.78, 5) is 37.9. The lowest BCUT2D eigenvalue weighted by Gasteiger charge is -2.15. The van der Waals surface area contributed by atoms with Crippen molar-refractivity contribution >= 4 is 28.3 Å². The number of anilines is 1. The summed E-state index contributed by atoms with van der Waals surface area (Å²) in [5, 5.41) is 7.77. The van der Waals surface area contributed by atoms with Gasteiger partial charge in [0.2, 0.25) is 0 Å². The highest BCUT2D eigenvalue weighted by Crippen LogP contribution is 2.16. The van der Waals surface area contributed by atoms with Crippen LogP contribution >= 0.6 is 0 Å². The number of unbranched alkanes of at least 4 members (excludes halogenated alkanes) is 1. The van der Waals surface area contributed by atoms with E-state index in [0.717, 1.165) is 18.4 Å². The standard InChI is InChI=1S/C23H25N3O4/c1-4-5-14-26-22(28)19-9-7-6-8-18(19)20(25-26)23(29)30-16(3)21(27)24-17-12-10-15(2)11-13-17/h6-13,16H,4-5,14H2,1-3H3,(H,24,27)/t16-/m0/s1. The fraction of sp³-hybridized carbons (Fsp3) is 0.304. The van der Waals surface area contributed by atoms with Crippen LogP contribution in [-0.2, 0) is 16.1 Å². The second-order valence-corrected chi connectivity index (χ2v) is 7.18. The highest BCUT2D eigenvalue weighted by atomic mass is 16.5. The molecule has 30 heavy (non-hydrogen) atoms. The zero-order chi connectivity index (χ0) is 21.7. The largest absolute Gasteiger partial charge is 0.448 e. The minimum Gasteiger partial charge on any atom is -0.448 e. The number of benzene rings is 2. The molecule has 0 spiro atoms. The molecule has 0 aliphatic rings. The van der Waals surface area contributed by atoms with Gasteiger partial charge in [-0.25, -0.2) is 9.48 Å². The Morgan fingerprint density at radius 2 is 1.77 bits per heavy atom. The molecule has 1 aromatic heterocycles. The molecule has 1 amide bonds. The van der Waals surface area contributed by atoms with Crippen molar-refractivity contribution in [3.05, 3.63) is 70.1 Å². The lowest BCUT2D eigenvalue weighted by atomic mass is 10.1. The number of hydrogen-bond acceptors (Lipinski definition) is 5.